The molecule has 3 heterocycles. The normalized spacial score (nSPS) is 12.2. The summed E-state index contributed by atoms with van der Waals surface area (Å²) in [4.78, 5) is 39.1. The Bertz CT molecular complexity index is 1490. The van der Waals surface area contributed by atoms with Gasteiger partial charge in [0.15, 0.2) is 5.65 Å². The van der Waals surface area contributed by atoms with Gasteiger partial charge in [0.2, 0.25) is 11.9 Å². The third kappa shape index (κ3) is 4.81. The third-order valence-corrected chi connectivity index (χ3v) is 5.74. The predicted octanol–water partition coefficient (Wildman–Crippen LogP) is 2.51. The molecule has 4 N–H and O–H groups in total. The molecule has 0 aliphatic heterocycles. The van der Waals surface area contributed by atoms with E-state index in [4.69, 9.17) is 10.7 Å². The molecule has 0 aliphatic carbocycles. The zero-order valence-corrected chi connectivity index (χ0v) is 20.7. The lowest BCUT2D eigenvalue weighted by Gasteiger charge is -2.23. The number of rotatable bonds is 8. The Morgan fingerprint density at radius 1 is 1.17 bits per heavy atom. The van der Waals surface area contributed by atoms with E-state index in [0.717, 1.165) is 0 Å². The van der Waals surface area contributed by atoms with E-state index in [1.807, 2.05) is 44.2 Å². The van der Waals surface area contributed by atoms with Gasteiger partial charge in [0.05, 0.1) is 23.6 Å². The Hall–Kier alpha value is -4.54. The van der Waals surface area contributed by atoms with E-state index < -0.39 is 6.04 Å². The van der Waals surface area contributed by atoms with Gasteiger partial charge in [-0.3, -0.25) is 18.8 Å². The van der Waals surface area contributed by atoms with Crippen molar-refractivity contribution in [3.8, 4) is 5.69 Å². The quantitative estimate of drug-likeness (QED) is 0.321. The average Bonchev–Trinajstić information content (AvgIpc) is 3.23. The molecule has 11 nitrogen and oxygen atoms in total. The van der Waals surface area contributed by atoms with Crippen molar-refractivity contribution < 1.29 is 4.79 Å². The summed E-state index contributed by atoms with van der Waals surface area (Å²) in [5.74, 6) is 0.799. The number of amides is 1. The van der Waals surface area contributed by atoms with Crippen molar-refractivity contribution in [1.82, 2.24) is 34.6 Å². The number of aromatic nitrogens is 6. The lowest BCUT2D eigenvalue weighted by atomic mass is 10.1. The average molecular weight is 488 g/mol. The minimum atomic E-state index is -0.428. The van der Waals surface area contributed by atoms with Gasteiger partial charge in [-0.25, -0.2) is 9.97 Å². The molecule has 0 spiro atoms. The van der Waals surface area contributed by atoms with Gasteiger partial charge in [-0.1, -0.05) is 25.1 Å². The first-order chi connectivity index (χ1) is 17.3. The highest BCUT2D eigenvalue weighted by Crippen LogP contribution is 2.27. The van der Waals surface area contributed by atoms with Crippen LogP contribution in [0.2, 0.25) is 0 Å². The maximum atomic E-state index is 13.6. The summed E-state index contributed by atoms with van der Waals surface area (Å²) < 4.78 is 3.17. The van der Waals surface area contributed by atoms with Crippen LogP contribution in [0.4, 0.5) is 11.8 Å². The van der Waals surface area contributed by atoms with Crippen LogP contribution in [0.1, 0.15) is 43.4 Å². The number of likely N-dealkylation sites (N-methyl/N-ethyl adjacent to an activating group) is 1. The first-order valence-electron chi connectivity index (χ1n) is 11.7. The number of carbonyl (C=O) groups excluding carboxylic acids is 1. The molecule has 0 saturated heterocycles. The van der Waals surface area contributed by atoms with Gasteiger partial charge in [-0.15, -0.1) is 0 Å². The SMILES string of the molecule is CCNC(=O)/C=C/c1c(C)nc(N)nc1NC(CC)c1nc2c(cnn2C)c(=O)n1-c1ccccc1. The standard InChI is InChI=1S/C25H29N9O2/c1-5-19(30-21-17(12-13-20(35)27-6-2)15(3)29-25(26)31-21)23-32-22-18(14-28-33(22)4)24(36)34(23)16-10-8-7-9-11-16/h7-14,19H,5-6H2,1-4H3,(H,27,35)(H3,26,29,30,31)/b13-12+. The molecule has 11 heteroatoms. The van der Waals surface area contributed by atoms with Crippen LogP contribution in [-0.2, 0) is 11.8 Å². The highest BCUT2D eigenvalue weighted by atomic mass is 16.1. The second-order valence-corrected chi connectivity index (χ2v) is 8.21. The number of para-hydroxylation sites is 1. The number of carbonyl (C=O) groups is 1. The molecular formula is C25H29N9O2. The Morgan fingerprint density at radius 2 is 1.92 bits per heavy atom. The van der Waals surface area contributed by atoms with Crippen LogP contribution in [-0.4, -0.2) is 41.8 Å². The lowest BCUT2D eigenvalue weighted by molar-refractivity contribution is -0.116. The molecule has 4 aromatic rings. The number of nitrogens with two attached hydrogens (primary N) is 1. The number of nitrogens with zero attached hydrogens (tertiary/aromatic N) is 6. The number of nitrogen functional groups attached to an aromatic ring is 1. The second-order valence-electron chi connectivity index (χ2n) is 8.21. The molecule has 0 radical (unpaired) electrons. The van der Waals surface area contributed by atoms with Crippen LogP contribution in [0.25, 0.3) is 22.8 Å². The molecule has 1 atom stereocenters. The summed E-state index contributed by atoms with van der Waals surface area (Å²) >= 11 is 0. The van der Waals surface area contributed by atoms with Crippen LogP contribution in [0, 0.1) is 6.92 Å². The van der Waals surface area contributed by atoms with Gasteiger partial charge >= 0.3 is 0 Å². The van der Waals surface area contributed by atoms with Crippen LogP contribution >= 0.6 is 0 Å². The fraction of sp³-hybridized carbons (Fsp3) is 0.280. The summed E-state index contributed by atoms with van der Waals surface area (Å²) in [5, 5.41) is 10.8. The van der Waals surface area contributed by atoms with E-state index in [1.54, 1.807) is 29.3 Å². The summed E-state index contributed by atoms with van der Waals surface area (Å²) in [6.07, 6.45) is 5.18. The van der Waals surface area contributed by atoms with Crippen molar-refractivity contribution in [2.45, 2.75) is 33.2 Å². The van der Waals surface area contributed by atoms with Crippen LogP contribution in [0.15, 0.2) is 47.4 Å². The zero-order valence-electron chi connectivity index (χ0n) is 20.7. The van der Waals surface area contributed by atoms with Crippen LogP contribution in [0.3, 0.4) is 0 Å². The highest BCUT2D eigenvalue weighted by Gasteiger charge is 2.23. The Morgan fingerprint density at radius 3 is 2.61 bits per heavy atom. The Kier molecular flexibility index (Phi) is 7.09. The number of hydrogen-bond acceptors (Lipinski definition) is 8. The molecule has 186 valence electrons. The van der Waals surface area contributed by atoms with Crippen molar-refractivity contribution in [2.75, 3.05) is 17.6 Å². The molecular weight excluding hydrogens is 458 g/mol. The topological polar surface area (TPSA) is 146 Å². The molecule has 1 aromatic carbocycles. The van der Waals surface area contributed by atoms with E-state index in [1.165, 1.54) is 12.3 Å². The van der Waals surface area contributed by atoms with Crippen molar-refractivity contribution >= 4 is 34.8 Å². The maximum Gasteiger partial charge on any atom is 0.269 e. The smallest absolute Gasteiger partial charge is 0.269 e. The van der Waals surface area contributed by atoms with E-state index >= 15 is 0 Å². The van der Waals surface area contributed by atoms with Crippen LogP contribution in [0.5, 0.6) is 0 Å². The summed E-state index contributed by atoms with van der Waals surface area (Å²) in [6.45, 7) is 6.14. The molecule has 4 rings (SSSR count). The second kappa shape index (κ2) is 10.4. The summed E-state index contributed by atoms with van der Waals surface area (Å²) in [6, 6.07) is 8.91. The number of nitrogens with one attached hydrogen (secondary N) is 2. The van der Waals surface area contributed by atoms with Crippen molar-refractivity contribution in [2.24, 2.45) is 7.05 Å². The number of aryl methyl sites for hydroxylation is 2. The zero-order chi connectivity index (χ0) is 25.8. The van der Waals surface area contributed by atoms with Crippen molar-refractivity contribution in [1.29, 1.82) is 0 Å². The number of benzene rings is 1. The summed E-state index contributed by atoms with van der Waals surface area (Å²) in [7, 11) is 1.75. The Balaban J connectivity index is 1.86. The first-order valence-corrected chi connectivity index (χ1v) is 11.7. The van der Waals surface area contributed by atoms with Crippen LogP contribution < -0.4 is 21.9 Å². The predicted molar refractivity (Wildman–Crippen MR) is 140 cm³/mol. The molecule has 36 heavy (non-hydrogen) atoms. The lowest BCUT2D eigenvalue weighted by Crippen LogP contribution is -2.28. The largest absolute Gasteiger partial charge is 0.368 e. The molecule has 0 fully saturated rings. The fourth-order valence-electron chi connectivity index (χ4n) is 3.98. The van der Waals surface area contributed by atoms with Gasteiger partial charge in [0.1, 0.15) is 17.0 Å². The molecule has 0 bridgehead atoms. The van der Waals surface area contributed by atoms with E-state index in [0.29, 0.717) is 52.6 Å². The summed E-state index contributed by atoms with van der Waals surface area (Å²) in [5.41, 5.74) is 8.14. The van der Waals surface area contributed by atoms with Crippen molar-refractivity contribution in [3.63, 3.8) is 0 Å². The monoisotopic (exact) mass is 487 g/mol. The van der Waals surface area contributed by atoms with Gasteiger partial charge in [0, 0.05) is 25.2 Å². The van der Waals surface area contributed by atoms with Gasteiger partial charge in [-0.05, 0) is 38.5 Å². The van der Waals surface area contributed by atoms with Gasteiger partial charge in [0.25, 0.3) is 5.56 Å². The molecule has 1 amide bonds. The number of fused-ring (bicyclic) bond motifs is 1. The molecule has 0 aliphatic rings. The molecule has 0 saturated carbocycles. The molecule has 3 aromatic heterocycles. The minimum Gasteiger partial charge on any atom is -0.368 e. The van der Waals surface area contributed by atoms with E-state index in [-0.39, 0.29) is 17.4 Å². The highest BCUT2D eigenvalue weighted by molar-refractivity contribution is 5.92. The number of hydrogen-bond donors (Lipinski definition) is 3. The van der Waals surface area contributed by atoms with Crippen molar-refractivity contribution in [3.05, 3.63) is 70.0 Å². The minimum absolute atomic E-state index is 0.0931. The molecule has 1 unspecified atom stereocenters. The van der Waals surface area contributed by atoms with Gasteiger partial charge in [-0.2, -0.15) is 10.1 Å². The van der Waals surface area contributed by atoms with E-state index in [2.05, 4.69) is 25.7 Å². The van der Waals surface area contributed by atoms with E-state index in [9.17, 15) is 9.59 Å². The maximum absolute atomic E-state index is 13.6. The number of anilines is 2. The van der Waals surface area contributed by atoms with Gasteiger partial charge < -0.3 is 16.4 Å². The first kappa shape index (κ1) is 24.6. The fourth-order valence-corrected chi connectivity index (χ4v) is 3.98. The third-order valence-electron chi connectivity index (χ3n) is 5.74. The Labute approximate surface area is 208 Å².